The van der Waals surface area contributed by atoms with Crippen LogP contribution in [0.1, 0.15) is 15.9 Å². The maximum atomic E-state index is 12.2. The summed E-state index contributed by atoms with van der Waals surface area (Å²) in [4.78, 5) is 11.1. The number of rotatable bonds is 2. The average molecular weight is 239 g/mol. The van der Waals surface area contributed by atoms with E-state index < -0.39 is 17.5 Å². The smallest absolute Gasteiger partial charge is 0.416 e. The standard InChI is InChI=1S/C10H7F3O2.Na/c11-10(12,13)8-3-1-2-7(6-8)9(15)4-5-14;/h1-6,14H;. The van der Waals surface area contributed by atoms with Gasteiger partial charge in [0.2, 0.25) is 0 Å². The van der Waals surface area contributed by atoms with Crippen molar-refractivity contribution in [1.29, 1.82) is 0 Å². The summed E-state index contributed by atoms with van der Waals surface area (Å²) >= 11 is 0. The van der Waals surface area contributed by atoms with E-state index in [-0.39, 0.29) is 35.1 Å². The van der Waals surface area contributed by atoms with E-state index in [1.807, 2.05) is 0 Å². The van der Waals surface area contributed by atoms with Gasteiger partial charge in [0.1, 0.15) is 0 Å². The Bertz CT molecular complexity index is 399. The predicted molar refractivity (Wildman–Crippen MR) is 53.3 cm³/mol. The number of hydrogen-bond donors (Lipinski definition) is 1. The molecular formula is C10H7F3NaO2. The zero-order chi connectivity index (χ0) is 11.5. The minimum atomic E-state index is -4.47. The van der Waals surface area contributed by atoms with Gasteiger partial charge in [0.15, 0.2) is 5.78 Å². The number of alkyl halides is 3. The molecule has 0 spiro atoms. The molecule has 0 aromatic heterocycles. The fourth-order valence-electron chi connectivity index (χ4n) is 1.01. The van der Waals surface area contributed by atoms with Gasteiger partial charge in [0.05, 0.1) is 11.8 Å². The topological polar surface area (TPSA) is 37.3 Å². The SMILES string of the molecule is O=C(C=CO)c1cccc(C(F)(F)F)c1.[Na]. The molecule has 0 aliphatic rings. The molecule has 0 atom stereocenters. The zero-order valence-electron chi connectivity index (χ0n) is 8.45. The molecule has 0 amide bonds. The van der Waals surface area contributed by atoms with Gasteiger partial charge in [-0.2, -0.15) is 13.2 Å². The molecule has 0 heterocycles. The summed E-state index contributed by atoms with van der Waals surface area (Å²) in [5.74, 6) is -0.677. The molecule has 81 valence electrons. The minimum Gasteiger partial charge on any atom is -0.515 e. The van der Waals surface area contributed by atoms with Gasteiger partial charge >= 0.3 is 6.18 Å². The van der Waals surface area contributed by atoms with Crippen LogP contribution in [-0.4, -0.2) is 40.4 Å². The van der Waals surface area contributed by atoms with Crippen molar-refractivity contribution in [2.24, 2.45) is 0 Å². The Morgan fingerprint density at radius 3 is 2.44 bits per heavy atom. The Labute approximate surface area is 112 Å². The number of carbonyl (C=O) groups is 1. The molecule has 0 saturated heterocycles. The monoisotopic (exact) mass is 239 g/mol. The van der Waals surface area contributed by atoms with Gasteiger partial charge in [-0.3, -0.25) is 4.79 Å². The Morgan fingerprint density at radius 2 is 1.94 bits per heavy atom. The van der Waals surface area contributed by atoms with Crippen molar-refractivity contribution in [3.63, 3.8) is 0 Å². The zero-order valence-corrected chi connectivity index (χ0v) is 10.5. The number of aliphatic hydroxyl groups excluding tert-OH is 1. The van der Waals surface area contributed by atoms with Crippen LogP contribution < -0.4 is 0 Å². The molecule has 0 aliphatic heterocycles. The number of carbonyl (C=O) groups excluding carboxylic acids is 1. The van der Waals surface area contributed by atoms with Gasteiger partial charge < -0.3 is 5.11 Å². The van der Waals surface area contributed by atoms with Crippen LogP contribution in [0.2, 0.25) is 0 Å². The quantitative estimate of drug-likeness (QED) is 0.372. The van der Waals surface area contributed by atoms with Crippen molar-refractivity contribution in [1.82, 2.24) is 0 Å². The molecule has 16 heavy (non-hydrogen) atoms. The molecule has 0 fully saturated rings. The number of allylic oxidation sites excluding steroid dienone is 1. The summed E-state index contributed by atoms with van der Waals surface area (Å²) in [6.45, 7) is 0. The molecule has 1 rings (SSSR count). The number of ketones is 1. The van der Waals surface area contributed by atoms with Gasteiger partial charge in [-0.1, -0.05) is 12.1 Å². The molecule has 1 radical (unpaired) electrons. The molecule has 1 aromatic carbocycles. The molecule has 6 heteroatoms. The van der Waals surface area contributed by atoms with E-state index in [1.54, 1.807) is 0 Å². The third-order valence-corrected chi connectivity index (χ3v) is 1.70. The van der Waals surface area contributed by atoms with Crippen LogP contribution in [0.4, 0.5) is 13.2 Å². The summed E-state index contributed by atoms with van der Waals surface area (Å²) in [6.07, 6.45) is -3.20. The van der Waals surface area contributed by atoms with E-state index in [0.717, 1.165) is 24.3 Å². The second-order valence-corrected chi connectivity index (χ2v) is 2.76. The van der Waals surface area contributed by atoms with Crippen LogP contribution in [0.15, 0.2) is 36.6 Å². The number of benzene rings is 1. The summed E-state index contributed by atoms with van der Waals surface area (Å²) in [7, 11) is 0. The maximum absolute atomic E-state index is 12.2. The maximum Gasteiger partial charge on any atom is 0.416 e. The van der Waals surface area contributed by atoms with E-state index in [9.17, 15) is 18.0 Å². The van der Waals surface area contributed by atoms with Crippen LogP contribution in [0, 0.1) is 0 Å². The van der Waals surface area contributed by atoms with Gasteiger partial charge in [-0.25, -0.2) is 0 Å². The van der Waals surface area contributed by atoms with Crippen molar-refractivity contribution in [2.75, 3.05) is 0 Å². The van der Waals surface area contributed by atoms with E-state index in [1.165, 1.54) is 6.07 Å². The normalized spacial score (nSPS) is 11.2. The summed E-state index contributed by atoms with van der Waals surface area (Å²) in [6, 6.07) is 4.00. The van der Waals surface area contributed by atoms with E-state index >= 15 is 0 Å². The van der Waals surface area contributed by atoms with Gasteiger partial charge in [0.25, 0.3) is 0 Å². The largest absolute Gasteiger partial charge is 0.515 e. The fraction of sp³-hybridized carbons (Fsp3) is 0.100. The summed E-state index contributed by atoms with van der Waals surface area (Å²) < 4.78 is 36.7. The van der Waals surface area contributed by atoms with E-state index in [0.29, 0.717) is 6.26 Å². The Hall–Kier alpha value is -0.780. The molecule has 0 aliphatic carbocycles. The minimum absolute atomic E-state index is 0. The predicted octanol–water partition coefficient (Wildman–Crippen LogP) is 2.58. The van der Waals surface area contributed by atoms with Crippen molar-refractivity contribution < 1.29 is 23.1 Å². The molecule has 0 bridgehead atoms. The second-order valence-electron chi connectivity index (χ2n) is 2.76. The first kappa shape index (κ1) is 15.2. The van der Waals surface area contributed by atoms with Crippen molar-refractivity contribution in [3.8, 4) is 0 Å². The van der Waals surface area contributed by atoms with E-state index in [4.69, 9.17) is 5.11 Å². The Kier molecular flexibility index (Phi) is 5.78. The van der Waals surface area contributed by atoms with Crippen LogP contribution in [0.5, 0.6) is 0 Å². The second kappa shape index (κ2) is 6.08. The van der Waals surface area contributed by atoms with Gasteiger partial charge in [-0.05, 0) is 12.1 Å². The first-order chi connectivity index (χ1) is 6.95. The fourth-order valence-corrected chi connectivity index (χ4v) is 1.01. The molecular weight excluding hydrogens is 232 g/mol. The molecule has 1 aromatic rings. The van der Waals surface area contributed by atoms with Crippen LogP contribution in [-0.2, 0) is 6.18 Å². The average Bonchev–Trinajstić information content (AvgIpc) is 2.17. The van der Waals surface area contributed by atoms with Gasteiger partial charge in [-0.15, -0.1) is 0 Å². The molecule has 0 unspecified atom stereocenters. The van der Waals surface area contributed by atoms with Crippen LogP contribution in [0.25, 0.3) is 0 Å². The Balaban J connectivity index is 0.00000225. The molecule has 0 saturated carbocycles. The van der Waals surface area contributed by atoms with Crippen molar-refractivity contribution in [3.05, 3.63) is 47.7 Å². The number of aliphatic hydroxyl groups is 1. The van der Waals surface area contributed by atoms with Crippen LogP contribution in [0.3, 0.4) is 0 Å². The summed E-state index contributed by atoms with van der Waals surface area (Å²) in [5, 5.41) is 8.30. The number of halogens is 3. The third-order valence-electron chi connectivity index (χ3n) is 1.70. The Morgan fingerprint density at radius 1 is 1.31 bits per heavy atom. The summed E-state index contributed by atoms with van der Waals surface area (Å²) in [5.41, 5.74) is -1.00. The first-order valence-corrected chi connectivity index (χ1v) is 3.97. The van der Waals surface area contributed by atoms with E-state index in [2.05, 4.69) is 0 Å². The van der Waals surface area contributed by atoms with Crippen molar-refractivity contribution >= 4 is 35.3 Å². The third kappa shape index (κ3) is 4.00. The first-order valence-electron chi connectivity index (χ1n) is 3.97. The number of hydrogen-bond acceptors (Lipinski definition) is 2. The molecule has 1 N–H and O–H groups in total. The van der Waals surface area contributed by atoms with Crippen LogP contribution >= 0.6 is 0 Å². The molecule has 2 nitrogen and oxygen atoms in total. The van der Waals surface area contributed by atoms with Crippen molar-refractivity contribution in [2.45, 2.75) is 6.18 Å². The van der Waals surface area contributed by atoms with Gasteiger partial charge in [0, 0.05) is 41.2 Å².